The molecule has 0 spiro atoms. The third kappa shape index (κ3) is 4.14. The highest BCUT2D eigenvalue weighted by Crippen LogP contribution is 2.31. The molecule has 0 fully saturated rings. The number of benzene rings is 3. The Kier molecular flexibility index (Phi) is 5.95. The van der Waals surface area contributed by atoms with Gasteiger partial charge in [0.15, 0.2) is 11.0 Å². The maximum atomic E-state index is 13.0. The van der Waals surface area contributed by atoms with E-state index >= 15 is 0 Å². The summed E-state index contributed by atoms with van der Waals surface area (Å²) in [6.07, 6.45) is 0. The molecule has 1 atom stereocenters. The van der Waals surface area contributed by atoms with Crippen molar-refractivity contribution in [1.82, 2.24) is 14.8 Å². The van der Waals surface area contributed by atoms with E-state index in [-0.39, 0.29) is 11.2 Å². The van der Waals surface area contributed by atoms with E-state index in [2.05, 4.69) is 10.2 Å². The van der Waals surface area contributed by atoms with E-state index in [1.54, 1.807) is 11.9 Å². The average molecular weight is 415 g/mol. The van der Waals surface area contributed by atoms with Crippen LogP contribution in [0.1, 0.15) is 6.92 Å². The SMILES string of the molecule is CC(Sc1nnc(-c2ccccc2)n1-c1ccccc1)C(=O)N(C)c1ccccc1. The third-order valence-electron chi connectivity index (χ3n) is 4.78. The van der Waals surface area contributed by atoms with E-state index in [0.29, 0.717) is 5.16 Å². The first-order chi connectivity index (χ1) is 14.6. The number of carbonyl (C=O) groups excluding carboxylic acids is 1. The Bertz CT molecular complexity index is 1110. The summed E-state index contributed by atoms with van der Waals surface area (Å²) in [7, 11) is 1.80. The zero-order valence-electron chi connectivity index (χ0n) is 16.8. The molecule has 1 aromatic heterocycles. The molecular weight excluding hydrogens is 392 g/mol. The summed E-state index contributed by atoms with van der Waals surface area (Å²) in [6, 6.07) is 29.6. The molecule has 1 unspecified atom stereocenters. The van der Waals surface area contributed by atoms with Gasteiger partial charge in [-0.1, -0.05) is 78.5 Å². The summed E-state index contributed by atoms with van der Waals surface area (Å²) in [5.41, 5.74) is 2.80. The summed E-state index contributed by atoms with van der Waals surface area (Å²) in [4.78, 5) is 14.7. The smallest absolute Gasteiger partial charge is 0.240 e. The summed E-state index contributed by atoms with van der Waals surface area (Å²) in [5, 5.41) is 9.23. The number of amides is 1. The van der Waals surface area contributed by atoms with Crippen LogP contribution >= 0.6 is 11.8 Å². The highest BCUT2D eigenvalue weighted by Gasteiger charge is 2.24. The minimum absolute atomic E-state index is 0.00933. The molecule has 6 heteroatoms. The minimum atomic E-state index is -0.328. The van der Waals surface area contributed by atoms with Crippen LogP contribution in [0.3, 0.4) is 0 Å². The molecular formula is C24H22N4OS. The van der Waals surface area contributed by atoms with E-state index in [0.717, 1.165) is 22.8 Å². The van der Waals surface area contributed by atoms with Crippen molar-refractivity contribution >= 4 is 23.4 Å². The van der Waals surface area contributed by atoms with Crippen LogP contribution in [0, 0.1) is 0 Å². The van der Waals surface area contributed by atoms with Crippen LogP contribution < -0.4 is 4.90 Å². The van der Waals surface area contributed by atoms with Crippen LogP contribution in [0.15, 0.2) is 96.2 Å². The van der Waals surface area contributed by atoms with Gasteiger partial charge in [-0.15, -0.1) is 10.2 Å². The monoisotopic (exact) mass is 414 g/mol. The number of para-hydroxylation sites is 2. The number of thioether (sulfide) groups is 1. The van der Waals surface area contributed by atoms with Gasteiger partial charge in [0.25, 0.3) is 0 Å². The predicted octanol–water partition coefficient (Wildman–Crippen LogP) is 5.08. The summed E-state index contributed by atoms with van der Waals surface area (Å²) in [6.45, 7) is 1.90. The number of hydrogen-bond acceptors (Lipinski definition) is 4. The van der Waals surface area contributed by atoms with Gasteiger partial charge in [0.1, 0.15) is 0 Å². The van der Waals surface area contributed by atoms with E-state index in [1.165, 1.54) is 11.8 Å². The Morgan fingerprint density at radius 1 is 0.867 bits per heavy atom. The van der Waals surface area contributed by atoms with Gasteiger partial charge in [-0.05, 0) is 31.2 Å². The molecule has 0 aliphatic heterocycles. The molecule has 4 aromatic rings. The van der Waals surface area contributed by atoms with Crippen molar-refractivity contribution in [2.75, 3.05) is 11.9 Å². The van der Waals surface area contributed by atoms with Crippen molar-refractivity contribution in [2.24, 2.45) is 0 Å². The molecule has 30 heavy (non-hydrogen) atoms. The second kappa shape index (κ2) is 8.97. The quantitative estimate of drug-likeness (QED) is 0.413. The Morgan fingerprint density at radius 2 is 1.43 bits per heavy atom. The van der Waals surface area contributed by atoms with Gasteiger partial charge in [-0.25, -0.2) is 0 Å². The van der Waals surface area contributed by atoms with E-state index in [9.17, 15) is 4.79 Å². The normalized spacial score (nSPS) is 11.8. The van der Waals surface area contributed by atoms with Gasteiger partial charge in [0.05, 0.1) is 5.25 Å². The van der Waals surface area contributed by atoms with Gasteiger partial charge in [-0.2, -0.15) is 0 Å². The number of hydrogen-bond donors (Lipinski definition) is 0. The van der Waals surface area contributed by atoms with Crippen molar-refractivity contribution in [3.05, 3.63) is 91.0 Å². The second-order valence-corrected chi connectivity index (χ2v) is 8.14. The molecule has 150 valence electrons. The molecule has 4 rings (SSSR count). The molecule has 1 heterocycles. The zero-order chi connectivity index (χ0) is 20.9. The van der Waals surface area contributed by atoms with Crippen LogP contribution in [0.2, 0.25) is 0 Å². The van der Waals surface area contributed by atoms with Crippen LogP contribution in [-0.4, -0.2) is 33.0 Å². The highest BCUT2D eigenvalue weighted by atomic mass is 32.2. The van der Waals surface area contributed by atoms with E-state index in [4.69, 9.17) is 0 Å². The molecule has 0 N–H and O–H groups in total. The van der Waals surface area contributed by atoms with Crippen molar-refractivity contribution in [2.45, 2.75) is 17.3 Å². The largest absolute Gasteiger partial charge is 0.315 e. The number of aromatic nitrogens is 3. The van der Waals surface area contributed by atoms with Gasteiger partial charge in [-0.3, -0.25) is 9.36 Å². The Labute approximate surface area is 180 Å². The predicted molar refractivity (Wildman–Crippen MR) is 122 cm³/mol. The lowest BCUT2D eigenvalue weighted by Crippen LogP contribution is -2.33. The van der Waals surface area contributed by atoms with Gasteiger partial charge in [0, 0.05) is 24.0 Å². The van der Waals surface area contributed by atoms with Gasteiger partial charge in [0.2, 0.25) is 5.91 Å². The number of rotatable bonds is 6. The van der Waals surface area contributed by atoms with Gasteiger partial charge >= 0.3 is 0 Å². The Hall–Kier alpha value is -3.38. The molecule has 0 bridgehead atoms. The molecule has 0 aliphatic rings. The fraction of sp³-hybridized carbons (Fsp3) is 0.125. The molecule has 3 aromatic carbocycles. The lowest BCUT2D eigenvalue weighted by molar-refractivity contribution is -0.117. The molecule has 0 aliphatic carbocycles. The summed E-state index contributed by atoms with van der Waals surface area (Å²) in [5.74, 6) is 0.760. The molecule has 0 saturated carbocycles. The fourth-order valence-corrected chi connectivity index (χ4v) is 4.15. The first-order valence-electron chi connectivity index (χ1n) is 9.70. The van der Waals surface area contributed by atoms with Crippen LogP contribution in [0.25, 0.3) is 17.1 Å². The molecule has 1 amide bonds. The first kappa shape index (κ1) is 19.9. The van der Waals surface area contributed by atoms with E-state index in [1.807, 2.05) is 102 Å². The second-order valence-electron chi connectivity index (χ2n) is 6.84. The highest BCUT2D eigenvalue weighted by molar-refractivity contribution is 8.00. The maximum absolute atomic E-state index is 13.0. The number of nitrogens with zero attached hydrogens (tertiary/aromatic N) is 4. The number of carbonyl (C=O) groups is 1. The van der Waals surface area contributed by atoms with Crippen LogP contribution in [0.5, 0.6) is 0 Å². The molecule has 0 radical (unpaired) electrons. The Morgan fingerprint density at radius 3 is 2.07 bits per heavy atom. The van der Waals surface area contributed by atoms with Crippen molar-refractivity contribution in [1.29, 1.82) is 0 Å². The van der Waals surface area contributed by atoms with Crippen molar-refractivity contribution in [3.8, 4) is 17.1 Å². The topological polar surface area (TPSA) is 51.0 Å². The maximum Gasteiger partial charge on any atom is 0.240 e. The zero-order valence-corrected chi connectivity index (χ0v) is 17.7. The lowest BCUT2D eigenvalue weighted by atomic mass is 10.2. The standard InChI is InChI=1S/C24H22N4OS/c1-18(23(29)27(2)20-14-8-4-9-15-20)30-24-26-25-22(19-12-6-3-7-13-19)28(24)21-16-10-5-11-17-21/h3-18H,1-2H3. The average Bonchev–Trinajstić information content (AvgIpc) is 3.23. The summed E-state index contributed by atoms with van der Waals surface area (Å²) < 4.78 is 2.01. The van der Waals surface area contributed by atoms with Crippen molar-refractivity contribution in [3.63, 3.8) is 0 Å². The Balaban J connectivity index is 1.66. The van der Waals surface area contributed by atoms with Crippen LogP contribution in [-0.2, 0) is 4.79 Å². The fourth-order valence-electron chi connectivity index (χ4n) is 3.19. The minimum Gasteiger partial charge on any atom is -0.315 e. The van der Waals surface area contributed by atoms with Crippen molar-refractivity contribution < 1.29 is 4.79 Å². The lowest BCUT2D eigenvalue weighted by Gasteiger charge is -2.21. The summed E-state index contributed by atoms with van der Waals surface area (Å²) >= 11 is 1.41. The van der Waals surface area contributed by atoms with Gasteiger partial charge < -0.3 is 4.90 Å². The first-order valence-corrected chi connectivity index (χ1v) is 10.6. The van der Waals surface area contributed by atoms with Crippen LogP contribution in [0.4, 0.5) is 5.69 Å². The third-order valence-corrected chi connectivity index (χ3v) is 5.81. The molecule has 0 saturated heterocycles. The molecule has 5 nitrogen and oxygen atoms in total. The van der Waals surface area contributed by atoms with E-state index < -0.39 is 0 Å². The number of anilines is 1.